The largest absolute Gasteiger partial charge is 0.455 e. The monoisotopic (exact) mass is 849 g/mol. The SMILES string of the molecule is CC(=O)O[C@@]12CO[C@@H]1C[C@H](O)[C@@]1(C)C(=O)[C@H](OC(=O)CO)C3=C(C)[C@]4(OC(=O)[C@H](O)[C@@H](NC(=O)OC(C)(C)C)c5ccccc5)C[C@@](O)([C@@H](OC(=O)c5ccccc5)C12)[C@@]34C. The van der Waals surface area contributed by atoms with Crippen LogP contribution in [0.5, 0.6) is 0 Å². The lowest BCUT2D eigenvalue weighted by Crippen LogP contribution is -2.90. The van der Waals surface area contributed by atoms with Crippen molar-refractivity contribution in [2.45, 2.75) is 120 Å². The van der Waals surface area contributed by atoms with Crippen LogP contribution in [0.2, 0.25) is 0 Å². The fourth-order valence-electron chi connectivity index (χ4n) is 10.6. The van der Waals surface area contributed by atoms with Gasteiger partial charge in [0.1, 0.15) is 35.6 Å². The number of benzene rings is 2. The van der Waals surface area contributed by atoms with Gasteiger partial charge in [-0.1, -0.05) is 48.5 Å². The standard InChI is InChI=1S/C44H51NO16/c1-22-29-32(57-28(49)19-46)34(51)40(6)26(48)18-27-42(21-56-27,59-23(2)47)33(40)35(58-36(52)25-16-12-9-13-17-25)43(55)20-44(22,41(29,43)7)60-37(53)31(50)30(24-14-10-8-11-15-24)45-38(54)61-39(3,4)5/h8-17,26-27,30-33,35,46,48,50,55H,18-21H2,1-7H3,(H,45,54)/t26-,27+,30-,31+,32+,33?,35-,40+,41+,42-,43+,44+/m0/s1. The zero-order valence-electron chi connectivity index (χ0n) is 34.8. The number of carbonyl (C=O) groups excluding carboxylic acids is 6. The topological polar surface area (TPSA) is 251 Å². The van der Waals surface area contributed by atoms with Crippen LogP contribution in [0.3, 0.4) is 0 Å². The molecule has 3 saturated carbocycles. The Morgan fingerprint density at radius 3 is 2.15 bits per heavy atom. The Bertz CT molecular complexity index is 2170. The summed E-state index contributed by atoms with van der Waals surface area (Å²) in [5.74, 6) is -6.82. The van der Waals surface area contributed by atoms with Gasteiger partial charge in [0, 0.05) is 19.8 Å². The highest BCUT2D eigenvalue weighted by molar-refractivity contribution is 5.97. The molecule has 17 nitrogen and oxygen atoms in total. The van der Waals surface area contributed by atoms with Gasteiger partial charge in [-0.2, -0.15) is 0 Å². The first-order chi connectivity index (χ1) is 28.5. The van der Waals surface area contributed by atoms with Crippen molar-refractivity contribution in [2.24, 2.45) is 16.7 Å². The summed E-state index contributed by atoms with van der Waals surface area (Å²) in [5, 5.41) is 49.5. The number of nitrogens with one attached hydrogen (secondary N) is 1. The third-order valence-electron chi connectivity index (χ3n) is 13.5. The molecule has 2 aromatic rings. The van der Waals surface area contributed by atoms with E-state index in [4.69, 9.17) is 28.4 Å². The van der Waals surface area contributed by atoms with Crippen LogP contribution >= 0.6 is 0 Å². The summed E-state index contributed by atoms with van der Waals surface area (Å²) in [4.78, 5) is 82.8. The van der Waals surface area contributed by atoms with Crippen LogP contribution in [0.15, 0.2) is 71.8 Å². The van der Waals surface area contributed by atoms with Crippen molar-refractivity contribution >= 4 is 35.8 Å². The van der Waals surface area contributed by atoms with Gasteiger partial charge in [0.25, 0.3) is 0 Å². The number of hydrogen-bond donors (Lipinski definition) is 5. The second kappa shape index (κ2) is 15.0. The molecule has 4 aliphatic carbocycles. The summed E-state index contributed by atoms with van der Waals surface area (Å²) in [7, 11) is 0. The maximum Gasteiger partial charge on any atom is 0.408 e. The number of rotatable bonds is 10. The van der Waals surface area contributed by atoms with E-state index in [0.717, 1.165) is 6.92 Å². The fourth-order valence-corrected chi connectivity index (χ4v) is 10.6. The molecule has 12 atom stereocenters. The van der Waals surface area contributed by atoms with Crippen molar-refractivity contribution in [3.63, 3.8) is 0 Å². The number of hydrogen-bond acceptors (Lipinski definition) is 16. The highest BCUT2D eigenvalue weighted by atomic mass is 16.6. The average Bonchev–Trinajstić information content (AvgIpc) is 3.20. The van der Waals surface area contributed by atoms with Crippen molar-refractivity contribution in [3.05, 3.63) is 82.9 Å². The Labute approximate surface area is 351 Å². The zero-order chi connectivity index (χ0) is 44.7. The van der Waals surface area contributed by atoms with Gasteiger partial charge in [0.2, 0.25) is 0 Å². The number of aliphatic hydroxyl groups is 4. The first-order valence-corrected chi connectivity index (χ1v) is 20.0. The van der Waals surface area contributed by atoms with Gasteiger partial charge in [-0.3, -0.25) is 9.59 Å². The Morgan fingerprint density at radius 2 is 1.59 bits per heavy atom. The molecule has 5 N–H and O–H groups in total. The lowest BCUT2D eigenvalue weighted by molar-refractivity contribution is -0.376. The van der Waals surface area contributed by atoms with Crippen molar-refractivity contribution in [3.8, 4) is 0 Å². The Kier molecular flexibility index (Phi) is 10.8. The molecule has 1 unspecified atom stereocenters. The summed E-state index contributed by atoms with van der Waals surface area (Å²) in [5.41, 5.74) is -10.7. The van der Waals surface area contributed by atoms with E-state index in [1.165, 1.54) is 32.9 Å². The van der Waals surface area contributed by atoms with Crippen LogP contribution in [0.1, 0.15) is 83.3 Å². The molecule has 0 spiro atoms. The van der Waals surface area contributed by atoms with E-state index in [0.29, 0.717) is 5.56 Å². The third-order valence-corrected chi connectivity index (χ3v) is 13.5. The van der Waals surface area contributed by atoms with Crippen LogP contribution in [-0.4, -0.2) is 122 Å². The third kappa shape index (κ3) is 6.46. The average molecular weight is 850 g/mol. The number of carbonyl (C=O) groups is 6. The van der Waals surface area contributed by atoms with Gasteiger partial charge >= 0.3 is 30.0 Å². The van der Waals surface area contributed by atoms with E-state index in [-0.39, 0.29) is 29.7 Å². The molecule has 0 bridgehead atoms. The predicted octanol–water partition coefficient (Wildman–Crippen LogP) is 2.17. The van der Waals surface area contributed by atoms with E-state index < -0.39 is 124 Å². The number of esters is 4. The quantitative estimate of drug-likeness (QED) is 0.131. The molecule has 1 saturated heterocycles. The van der Waals surface area contributed by atoms with Gasteiger partial charge in [-0.25, -0.2) is 19.2 Å². The second-order valence-electron chi connectivity index (χ2n) is 17.9. The minimum atomic E-state index is -2.37. The molecule has 1 heterocycles. The number of ketones is 1. The number of fused-ring (bicyclic) bond motifs is 3. The van der Waals surface area contributed by atoms with Gasteiger partial charge in [-0.05, 0) is 70.4 Å². The number of ether oxygens (including phenoxy) is 6. The minimum Gasteiger partial charge on any atom is -0.455 e. The number of aliphatic hydroxyl groups excluding tert-OH is 3. The molecule has 0 aromatic heterocycles. The van der Waals surface area contributed by atoms with E-state index in [2.05, 4.69) is 5.32 Å². The van der Waals surface area contributed by atoms with Gasteiger partial charge in [-0.15, -0.1) is 0 Å². The Hall–Kier alpha value is -5.20. The van der Waals surface area contributed by atoms with Gasteiger partial charge in [0.15, 0.2) is 23.6 Å². The molecule has 1 amide bonds. The molecular weight excluding hydrogens is 798 g/mol. The lowest BCUT2D eigenvalue weighted by atomic mass is 9.30. The van der Waals surface area contributed by atoms with Crippen LogP contribution in [0.4, 0.5) is 4.79 Å². The molecule has 17 heteroatoms. The molecule has 5 aliphatic rings. The van der Waals surface area contributed by atoms with Crippen molar-refractivity contribution in [1.82, 2.24) is 5.32 Å². The lowest BCUT2D eigenvalue weighted by Gasteiger charge is -2.78. The minimum absolute atomic E-state index is 0.0468. The number of Topliss-reactive ketones (excluding diaryl/α,β-unsaturated/α-hetero) is 1. The smallest absolute Gasteiger partial charge is 0.408 e. The summed E-state index contributed by atoms with van der Waals surface area (Å²) in [6.07, 6.45) is -10.3. The Balaban J connectivity index is 1.38. The van der Waals surface area contributed by atoms with Crippen molar-refractivity contribution in [1.29, 1.82) is 0 Å². The normalized spacial score (nSPS) is 35.6. The fraction of sp³-hybridized carbons (Fsp3) is 0.545. The van der Waals surface area contributed by atoms with E-state index in [9.17, 15) is 44.4 Å². The molecule has 2 aromatic carbocycles. The summed E-state index contributed by atoms with van der Waals surface area (Å²) in [6.45, 7) is 8.74. The highest BCUT2D eigenvalue weighted by Gasteiger charge is 2.89. The van der Waals surface area contributed by atoms with E-state index in [1.807, 2.05) is 0 Å². The summed E-state index contributed by atoms with van der Waals surface area (Å²) >= 11 is 0. The van der Waals surface area contributed by atoms with E-state index in [1.54, 1.807) is 69.3 Å². The summed E-state index contributed by atoms with van der Waals surface area (Å²) < 4.78 is 35.4. The Morgan fingerprint density at radius 1 is 0.967 bits per heavy atom. The molecule has 328 valence electrons. The first kappa shape index (κ1) is 43.9. The van der Waals surface area contributed by atoms with Gasteiger partial charge < -0.3 is 54.2 Å². The number of amides is 1. The maximum atomic E-state index is 15.4. The van der Waals surface area contributed by atoms with Crippen LogP contribution in [-0.2, 0) is 47.6 Å². The second-order valence-corrected chi connectivity index (χ2v) is 17.9. The van der Waals surface area contributed by atoms with Crippen LogP contribution in [0, 0.1) is 16.7 Å². The number of alkyl carbamates (subject to hydrolysis) is 1. The van der Waals surface area contributed by atoms with Crippen molar-refractivity contribution in [2.75, 3.05) is 13.2 Å². The summed E-state index contributed by atoms with van der Waals surface area (Å²) in [6, 6.07) is 14.4. The molecule has 61 heavy (non-hydrogen) atoms. The van der Waals surface area contributed by atoms with Gasteiger partial charge in [0.05, 0.1) is 41.1 Å². The molecule has 7 rings (SSSR count). The molecular formula is C44H51NO16. The zero-order valence-corrected chi connectivity index (χ0v) is 34.8. The molecule has 0 radical (unpaired) electrons. The van der Waals surface area contributed by atoms with Crippen LogP contribution < -0.4 is 5.32 Å². The van der Waals surface area contributed by atoms with Crippen LogP contribution in [0.25, 0.3) is 0 Å². The first-order valence-electron chi connectivity index (χ1n) is 20.0. The predicted molar refractivity (Wildman–Crippen MR) is 208 cm³/mol. The maximum absolute atomic E-state index is 15.4. The van der Waals surface area contributed by atoms with E-state index >= 15 is 4.79 Å². The molecule has 4 fully saturated rings. The molecule has 1 aliphatic heterocycles. The van der Waals surface area contributed by atoms with Crippen molar-refractivity contribution < 1.29 is 77.6 Å². The highest BCUT2D eigenvalue weighted by Crippen LogP contribution is 2.78.